The van der Waals surface area contributed by atoms with Gasteiger partial charge >= 0.3 is 0 Å². The molecule has 2 bridgehead atoms. The summed E-state index contributed by atoms with van der Waals surface area (Å²) in [6.07, 6.45) is 10.1. The van der Waals surface area contributed by atoms with Crippen molar-refractivity contribution in [3.63, 3.8) is 0 Å². The third-order valence-electron chi connectivity index (χ3n) is 4.09. The van der Waals surface area contributed by atoms with Crippen molar-refractivity contribution in [2.45, 2.75) is 51.9 Å². The van der Waals surface area contributed by atoms with Gasteiger partial charge in [0.2, 0.25) is 0 Å². The van der Waals surface area contributed by atoms with Crippen LogP contribution in [0.5, 0.6) is 0 Å². The molecule has 0 aliphatic carbocycles. The number of nitrogens with zero attached hydrogens (tertiary/aromatic N) is 2. The van der Waals surface area contributed by atoms with E-state index in [1.807, 2.05) is 0 Å². The molecular weight excluding hydrogens is 196 g/mol. The van der Waals surface area contributed by atoms with Gasteiger partial charge in [0.15, 0.2) is 0 Å². The Morgan fingerprint density at radius 2 is 1.44 bits per heavy atom. The quantitative estimate of drug-likeness (QED) is 0.624. The molecule has 2 heteroatoms. The molecule has 0 spiro atoms. The zero-order valence-corrected chi connectivity index (χ0v) is 11.0. The molecule has 0 amide bonds. The van der Waals surface area contributed by atoms with Crippen molar-refractivity contribution >= 4 is 0 Å². The fourth-order valence-electron chi connectivity index (χ4n) is 3.16. The van der Waals surface area contributed by atoms with Crippen LogP contribution in [-0.4, -0.2) is 42.6 Å². The molecule has 0 saturated carbocycles. The van der Waals surface area contributed by atoms with E-state index >= 15 is 0 Å². The summed E-state index contributed by atoms with van der Waals surface area (Å²) in [7, 11) is 0. The first kappa shape index (κ1) is 12.4. The summed E-state index contributed by atoms with van der Waals surface area (Å²) >= 11 is 0. The molecule has 16 heavy (non-hydrogen) atoms. The van der Waals surface area contributed by atoms with E-state index < -0.39 is 0 Å². The predicted molar refractivity (Wildman–Crippen MR) is 69.5 cm³/mol. The molecule has 2 aliphatic heterocycles. The minimum atomic E-state index is 0.902. The lowest BCUT2D eigenvalue weighted by Crippen LogP contribution is -2.46. The second-order valence-corrected chi connectivity index (χ2v) is 5.85. The molecule has 3 unspecified atom stereocenters. The summed E-state index contributed by atoms with van der Waals surface area (Å²) in [6.45, 7) is 9.02. The van der Waals surface area contributed by atoms with Gasteiger partial charge in [0, 0.05) is 19.6 Å². The van der Waals surface area contributed by atoms with Crippen molar-refractivity contribution in [3.05, 3.63) is 0 Å². The lowest BCUT2D eigenvalue weighted by atomic mass is 10.0. The van der Waals surface area contributed by atoms with Gasteiger partial charge in [-0.15, -0.1) is 0 Å². The molecule has 0 N–H and O–H groups in total. The van der Waals surface area contributed by atoms with Gasteiger partial charge in [0.25, 0.3) is 0 Å². The summed E-state index contributed by atoms with van der Waals surface area (Å²) in [5.74, 6) is 0.902. The highest BCUT2D eigenvalue weighted by Crippen LogP contribution is 2.17. The number of hydrogen-bond acceptors (Lipinski definition) is 2. The Morgan fingerprint density at radius 1 is 0.750 bits per heavy atom. The van der Waals surface area contributed by atoms with Crippen LogP contribution in [0.3, 0.4) is 0 Å². The monoisotopic (exact) mass is 224 g/mol. The highest BCUT2D eigenvalue weighted by molar-refractivity contribution is 4.71. The average Bonchev–Trinajstić information content (AvgIpc) is 2.27. The van der Waals surface area contributed by atoms with Crippen LogP contribution < -0.4 is 0 Å². The van der Waals surface area contributed by atoms with E-state index in [1.54, 1.807) is 0 Å². The minimum Gasteiger partial charge on any atom is -0.290 e. The fourth-order valence-corrected chi connectivity index (χ4v) is 3.16. The van der Waals surface area contributed by atoms with Gasteiger partial charge in [-0.05, 0) is 31.7 Å². The van der Waals surface area contributed by atoms with Crippen molar-refractivity contribution in [2.24, 2.45) is 5.92 Å². The van der Waals surface area contributed by atoms with Gasteiger partial charge in [0.05, 0.1) is 6.67 Å². The van der Waals surface area contributed by atoms with Crippen molar-refractivity contribution in [1.29, 1.82) is 0 Å². The largest absolute Gasteiger partial charge is 0.290 e. The maximum absolute atomic E-state index is 2.68. The third-order valence-corrected chi connectivity index (χ3v) is 4.09. The van der Waals surface area contributed by atoms with Crippen molar-refractivity contribution in [3.8, 4) is 0 Å². The summed E-state index contributed by atoms with van der Waals surface area (Å²) < 4.78 is 0. The van der Waals surface area contributed by atoms with E-state index in [-0.39, 0.29) is 0 Å². The zero-order chi connectivity index (χ0) is 11.2. The Hall–Kier alpha value is -0.0800. The summed E-state index contributed by atoms with van der Waals surface area (Å²) in [5.41, 5.74) is 0. The van der Waals surface area contributed by atoms with Crippen LogP contribution in [0.15, 0.2) is 0 Å². The fraction of sp³-hybridized carbons (Fsp3) is 1.00. The normalized spacial score (nSPS) is 38.4. The Kier molecular flexibility index (Phi) is 5.11. The van der Waals surface area contributed by atoms with Crippen LogP contribution in [0.2, 0.25) is 0 Å². The SMILES string of the molecule is CC1CCCCCCCN2CCCN(C1)C2. The second-order valence-electron chi connectivity index (χ2n) is 5.85. The van der Waals surface area contributed by atoms with Crippen LogP contribution in [0, 0.1) is 5.92 Å². The Morgan fingerprint density at radius 3 is 2.38 bits per heavy atom. The zero-order valence-electron chi connectivity index (χ0n) is 11.0. The molecule has 0 aromatic heterocycles. The molecule has 2 heterocycles. The van der Waals surface area contributed by atoms with Crippen LogP contribution in [-0.2, 0) is 0 Å². The number of fused-ring (bicyclic) bond motifs is 2. The van der Waals surface area contributed by atoms with Crippen molar-refractivity contribution < 1.29 is 0 Å². The molecule has 0 aromatic carbocycles. The number of hydrogen-bond donors (Lipinski definition) is 0. The van der Waals surface area contributed by atoms with Gasteiger partial charge in [-0.2, -0.15) is 0 Å². The van der Waals surface area contributed by atoms with E-state index in [0.717, 1.165) is 5.92 Å². The molecule has 3 atom stereocenters. The summed E-state index contributed by atoms with van der Waals surface area (Å²) in [5, 5.41) is 0. The average molecular weight is 224 g/mol. The van der Waals surface area contributed by atoms with Gasteiger partial charge in [-0.25, -0.2) is 0 Å². The highest BCUT2D eigenvalue weighted by Gasteiger charge is 2.18. The standard InChI is InChI=1S/C14H28N2/c1-14-8-5-3-2-4-6-9-15-10-7-11-16(12-14)13-15/h14H,2-13H2,1H3. The van der Waals surface area contributed by atoms with Crippen LogP contribution in [0.1, 0.15) is 51.9 Å². The molecule has 94 valence electrons. The number of rotatable bonds is 0. The van der Waals surface area contributed by atoms with Crippen molar-refractivity contribution in [2.75, 3.05) is 32.8 Å². The van der Waals surface area contributed by atoms with E-state index in [2.05, 4.69) is 16.7 Å². The van der Waals surface area contributed by atoms with E-state index in [1.165, 1.54) is 77.8 Å². The molecule has 0 radical (unpaired) electrons. The van der Waals surface area contributed by atoms with Gasteiger partial charge in [-0.3, -0.25) is 9.80 Å². The minimum absolute atomic E-state index is 0.902. The Balaban J connectivity index is 1.84. The smallest absolute Gasteiger partial charge is 0.0506 e. The molecule has 0 aromatic rings. The van der Waals surface area contributed by atoms with Crippen LogP contribution >= 0.6 is 0 Å². The Bertz CT molecular complexity index is 191. The van der Waals surface area contributed by atoms with E-state index in [0.29, 0.717) is 0 Å². The van der Waals surface area contributed by atoms with Gasteiger partial charge in [0.1, 0.15) is 0 Å². The predicted octanol–water partition coefficient (Wildman–Crippen LogP) is 2.94. The van der Waals surface area contributed by atoms with Crippen LogP contribution in [0.25, 0.3) is 0 Å². The lowest BCUT2D eigenvalue weighted by Gasteiger charge is -2.37. The van der Waals surface area contributed by atoms with Crippen molar-refractivity contribution in [1.82, 2.24) is 9.80 Å². The maximum Gasteiger partial charge on any atom is 0.0506 e. The lowest BCUT2D eigenvalue weighted by molar-refractivity contribution is 0.0710. The molecule has 2 saturated heterocycles. The molecular formula is C14H28N2. The van der Waals surface area contributed by atoms with Crippen LogP contribution in [0.4, 0.5) is 0 Å². The van der Waals surface area contributed by atoms with Gasteiger partial charge < -0.3 is 0 Å². The second kappa shape index (κ2) is 6.61. The molecule has 2 aliphatic rings. The Labute approximate surface area is 101 Å². The molecule has 2 fully saturated rings. The first-order chi connectivity index (χ1) is 7.84. The molecule has 2 nitrogen and oxygen atoms in total. The molecule has 2 rings (SSSR count). The summed E-state index contributed by atoms with van der Waals surface area (Å²) in [4.78, 5) is 5.34. The van der Waals surface area contributed by atoms with E-state index in [9.17, 15) is 0 Å². The topological polar surface area (TPSA) is 6.48 Å². The first-order valence-corrected chi connectivity index (χ1v) is 7.29. The third kappa shape index (κ3) is 4.06. The first-order valence-electron chi connectivity index (χ1n) is 7.29. The maximum atomic E-state index is 2.68. The highest BCUT2D eigenvalue weighted by atomic mass is 15.3. The van der Waals surface area contributed by atoms with Gasteiger partial charge in [-0.1, -0.05) is 32.6 Å². The summed E-state index contributed by atoms with van der Waals surface area (Å²) in [6, 6.07) is 0. The van der Waals surface area contributed by atoms with E-state index in [4.69, 9.17) is 0 Å².